The number of carbonyl (C=O) groups excluding carboxylic acids is 1. The van der Waals surface area contributed by atoms with Crippen molar-refractivity contribution >= 4 is 5.91 Å². The number of amides is 1. The third-order valence-corrected chi connectivity index (χ3v) is 4.51. The molecule has 21 heavy (non-hydrogen) atoms. The molecule has 1 amide bonds. The molecule has 1 aromatic rings. The molecule has 0 radical (unpaired) electrons. The van der Waals surface area contributed by atoms with Gasteiger partial charge in [0.15, 0.2) is 0 Å². The van der Waals surface area contributed by atoms with Crippen LogP contribution in [0.3, 0.4) is 0 Å². The van der Waals surface area contributed by atoms with Gasteiger partial charge in [0.25, 0.3) is 0 Å². The maximum atomic E-state index is 11.7. The molecule has 0 aromatic carbocycles. The Bertz CT molecular complexity index is 482. The van der Waals surface area contributed by atoms with Crippen LogP contribution in [-0.4, -0.2) is 53.9 Å². The fourth-order valence-electron chi connectivity index (χ4n) is 3.36. The summed E-state index contributed by atoms with van der Waals surface area (Å²) in [6, 6.07) is 2.20. The number of ether oxygens (including phenoxy) is 1. The van der Waals surface area contributed by atoms with Crippen LogP contribution in [0, 0.1) is 5.92 Å². The fourth-order valence-corrected chi connectivity index (χ4v) is 3.36. The van der Waals surface area contributed by atoms with Crippen LogP contribution >= 0.6 is 0 Å². The second kappa shape index (κ2) is 6.58. The average Bonchev–Trinajstić information content (AvgIpc) is 2.97. The van der Waals surface area contributed by atoms with E-state index < -0.39 is 0 Å². The lowest BCUT2D eigenvalue weighted by Gasteiger charge is -2.36. The van der Waals surface area contributed by atoms with Crippen molar-refractivity contribution in [1.29, 1.82) is 0 Å². The minimum atomic E-state index is 0.0781. The van der Waals surface area contributed by atoms with Crippen LogP contribution in [-0.2, 0) is 16.1 Å². The molecule has 1 fully saturated rings. The monoisotopic (exact) mass is 292 g/mol. The van der Waals surface area contributed by atoms with E-state index in [2.05, 4.69) is 21.4 Å². The molecular formula is C15H24N4O2. The predicted octanol–water partition coefficient (Wildman–Crippen LogP) is 0.802. The Morgan fingerprint density at radius 2 is 2.29 bits per heavy atom. The van der Waals surface area contributed by atoms with Crippen molar-refractivity contribution in [3.05, 3.63) is 18.0 Å². The molecule has 0 unspecified atom stereocenters. The van der Waals surface area contributed by atoms with Crippen LogP contribution in [0.15, 0.2) is 12.3 Å². The maximum absolute atomic E-state index is 11.7. The van der Waals surface area contributed by atoms with E-state index >= 15 is 0 Å². The first kappa shape index (κ1) is 14.5. The summed E-state index contributed by atoms with van der Waals surface area (Å²) in [5.74, 6) is 0.795. The Balaban J connectivity index is 1.66. The third kappa shape index (κ3) is 3.44. The lowest BCUT2D eigenvalue weighted by Crippen LogP contribution is -2.42. The largest absolute Gasteiger partial charge is 0.381 e. The van der Waals surface area contributed by atoms with Gasteiger partial charge in [-0.05, 0) is 24.8 Å². The summed E-state index contributed by atoms with van der Waals surface area (Å²) < 4.78 is 7.46. The van der Waals surface area contributed by atoms with E-state index in [1.165, 1.54) is 5.69 Å². The molecule has 2 aliphatic rings. The van der Waals surface area contributed by atoms with Crippen molar-refractivity contribution in [3.8, 4) is 0 Å². The van der Waals surface area contributed by atoms with Crippen LogP contribution in [0.1, 0.15) is 31.0 Å². The molecule has 1 N–H and O–H groups in total. The summed E-state index contributed by atoms with van der Waals surface area (Å²) in [5, 5.41) is 7.11. The molecule has 1 atom stereocenters. The lowest BCUT2D eigenvalue weighted by molar-refractivity contribution is -0.121. The number of rotatable bonds is 4. The molecule has 3 heterocycles. The Morgan fingerprint density at radius 1 is 1.48 bits per heavy atom. The highest BCUT2D eigenvalue weighted by Gasteiger charge is 2.28. The van der Waals surface area contributed by atoms with Gasteiger partial charge in [-0.3, -0.25) is 14.4 Å². The number of nitrogens with one attached hydrogen (secondary N) is 1. The highest BCUT2D eigenvalue weighted by molar-refractivity contribution is 5.76. The molecule has 6 heteroatoms. The minimum Gasteiger partial charge on any atom is -0.381 e. The van der Waals surface area contributed by atoms with Gasteiger partial charge in [-0.2, -0.15) is 5.10 Å². The van der Waals surface area contributed by atoms with Gasteiger partial charge in [0, 0.05) is 46.1 Å². The molecule has 0 bridgehead atoms. The average molecular weight is 292 g/mol. The van der Waals surface area contributed by atoms with Gasteiger partial charge in [-0.1, -0.05) is 0 Å². The van der Waals surface area contributed by atoms with E-state index in [1.807, 2.05) is 10.9 Å². The van der Waals surface area contributed by atoms with Crippen molar-refractivity contribution < 1.29 is 9.53 Å². The van der Waals surface area contributed by atoms with Crippen molar-refractivity contribution in [1.82, 2.24) is 20.0 Å². The molecule has 0 aliphatic carbocycles. The second-order valence-corrected chi connectivity index (χ2v) is 6.05. The number of hydrogen-bond acceptors (Lipinski definition) is 4. The summed E-state index contributed by atoms with van der Waals surface area (Å²) >= 11 is 0. The van der Waals surface area contributed by atoms with Gasteiger partial charge >= 0.3 is 0 Å². The molecule has 116 valence electrons. The van der Waals surface area contributed by atoms with E-state index in [9.17, 15) is 4.79 Å². The number of nitrogens with zero attached hydrogens (tertiary/aromatic N) is 3. The van der Waals surface area contributed by atoms with Gasteiger partial charge in [0.1, 0.15) is 0 Å². The van der Waals surface area contributed by atoms with E-state index in [4.69, 9.17) is 4.74 Å². The molecule has 3 rings (SSSR count). The van der Waals surface area contributed by atoms with E-state index in [-0.39, 0.29) is 11.9 Å². The maximum Gasteiger partial charge on any atom is 0.221 e. The summed E-state index contributed by atoms with van der Waals surface area (Å²) in [7, 11) is 1.69. The first-order valence-corrected chi connectivity index (χ1v) is 7.79. The van der Waals surface area contributed by atoms with E-state index in [1.54, 1.807) is 7.05 Å². The highest BCUT2D eigenvalue weighted by Crippen LogP contribution is 2.25. The molecule has 1 saturated heterocycles. The summed E-state index contributed by atoms with van der Waals surface area (Å²) in [5.41, 5.74) is 1.21. The summed E-state index contributed by atoms with van der Waals surface area (Å²) in [4.78, 5) is 14.2. The molecule has 2 aliphatic heterocycles. The second-order valence-electron chi connectivity index (χ2n) is 6.05. The first-order valence-electron chi connectivity index (χ1n) is 7.79. The Labute approximate surface area is 125 Å². The standard InChI is InChI=1S/C15H24N4O2/c1-16-15(20)8-14-11-18(9-12-3-6-21-7-4-12)10-13-2-5-17-19(13)14/h2,5,12,14H,3-4,6-11H2,1H3,(H,16,20)/t14-/m1/s1. The smallest absolute Gasteiger partial charge is 0.221 e. The number of aromatic nitrogens is 2. The predicted molar refractivity (Wildman–Crippen MR) is 78.8 cm³/mol. The molecule has 6 nitrogen and oxygen atoms in total. The van der Waals surface area contributed by atoms with Gasteiger partial charge in [0.05, 0.1) is 18.2 Å². The zero-order chi connectivity index (χ0) is 14.7. The number of fused-ring (bicyclic) bond motifs is 1. The Kier molecular flexibility index (Phi) is 4.55. The van der Waals surface area contributed by atoms with Crippen LogP contribution in [0.25, 0.3) is 0 Å². The van der Waals surface area contributed by atoms with Crippen LogP contribution in [0.4, 0.5) is 0 Å². The quantitative estimate of drug-likeness (QED) is 0.892. The fraction of sp³-hybridized carbons (Fsp3) is 0.733. The van der Waals surface area contributed by atoms with Crippen LogP contribution in [0.2, 0.25) is 0 Å². The van der Waals surface area contributed by atoms with Gasteiger partial charge in [-0.15, -0.1) is 0 Å². The number of hydrogen-bond donors (Lipinski definition) is 1. The zero-order valence-corrected chi connectivity index (χ0v) is 12.6. The zero-order valence-electron chi connectivity index (χ0n) is 12.6. The van der Waals surface area contributed by atoms with Crippen molar-refractivity contribution in [2.24, 2.45) is 5.92 Å². The van der Waals surface area contributed by atoms with Crippen LogP contribution < -0.4 is 5.32 Å². The van der Waals surface area contributed by atoms with Crippen molar-refractivity contribution in [2.75, 3.05) is 33.4 Å². The Hall–Kier alpha value is -1.40. The van der Waals surface area contributed by atoms with E-state index in [0.29, 0.717) is 12.3 Å². The highest BCUT2D eigenvalue weighted by atomic mass is 16.5. The van der Waals surface area contributed by atoms with Gasteiger partial charge < -0.3 is 10.1 Å². The van der Waals surface area contributed by atoms with Crippen molar-refractivity contribution in [3.63, 3.8) is 0 Å². The number of carbonyl (C=O) groups is 1. The van der Waals surface area contributed by atoms with Crippen LogP contribution in [0.5, 0.6) is 0 Å². The van der Waals surface area contributed by atoms with Gasteiger partial charge in [0.2, 0.25) is 5.91 Å². The molecule has 1 aromatic heterocycles. The molecule has 0 spiro atoms. The summed E-state index contributed by atoms with van der Waals surface area (Å²) in [6.07, 6.45) is 4.63. The summed E-state index contributed by atoms with van der Waals surface area (Å²) in [6.45, 7) is 4.70. The topological polar surface area (TPSA) is 59.4 Å². The van der Waals surface area contributed by atoms with Crippen molar-refractivity contribution in [2.45, 2.75) is 31.8 Å². The molecular weight excluding hydrogens is 268 g/mol. The van der Waals surface area contributed by atoms with Gasteiger partial charge in [-0.25, -0.2) is 0 Å². The molecule has 0 saturated carbocycles. The Morgan fingerprint density at radius 3 is 3.05 bits per heavy atom. The SMILES string of the molecule is CNC(=O)C[C@@H]1CN(CC2CCOCC2)Cc2ccnn21. The normalized spacial score (nSPS) is 23.8. The third-order valence-electron chi connectivity index (χ3n) is 4.51. The minimum absolute atomic E-state index is 0.0781. The lowest BCUT2D eigenvalue weighted by atomic mass is 9.98. The van der Waals surface area contributed by atoms with E-state index in [0.717, 1.165) is 45.7 Å². The first-order chi connectivity index (χ1) is 10.3.